The molecule has 1 aromatic rings. The van der Waals surface area contributed by atoms with Crippen LogP contribution in [0.5, 0.6) is 0 Å². The zero-order chi connectivity index (χ0) is 13.4. The minimum Gasteiger partial charge on any atom is -0.468 e. The summed E-state index contributed by atoms with van der Waals surface area (Å²) < 4.78 is 5.42. The third kappa shape index (κ3) is 5.67. The minimum atomic E-state index is -0.474. The predicted octanol–water partition coefficient (Wildman–Crippen LogP) is 1.46. The van der Waals surface area contributed by atoms with Crippen molar-refractivity contribution >= 4 is 27.9 Å². The maximum absolute atomic E-state index is 11.3. The highest BCUT2D eigenvalue weighted by atomic mass is 79.9. The first-order valence-electron chi connectivity index (χ1n) is 5.45. The molecule has 1 rings (SSSR count). The second-order valence-corrected chi connectivity index (χ2v) is 4.48. The second-order valence-electron chi connectivity index (χ2n) is 3.56. The first-order valence-corrected chi connectivity index (χ1v) is 6.24. The van der Waals surface area contributed by atoms with Gasteiger partial charge in [-0.1, -0.05) is 28.1 Å². The molecule has 0 spiro atoms. The maximum atomic E-state index is 11.3. The molecule has 1 aromatic carbocycles. The summed E-state index contributed by atoms with van der Waals surface area (Å²) in [5.41, 5.74) is 1.13. The van der Waals surface area contributed by atoms with E-state index in [1.165, 1.54) is 7.11 Å². The van der Waals surface area contributed by atoms with Crippen LogP contribution in [0.3, 0.4) is 0 Å². The Hall–Kier alpha value is -1.56. The molecule has 2 N–H and O–H groups in total. The van der Waals surface area contributed by atoms with Gasteiger partial charge in [0.05, 0.1) is 7.11 Å². The number of esters is 1. The minimum absolute atomic E-state index is 0.124. The third-order valence-electron chi connectivity index (χ3n) is 2.23. The number of hydrogen-bond donors (Lipinski definition) is 2. The molecule has 0 atom stereocenters. The van der Waals surface area contributed by atoms with Gasteiger partial charge >= 0.3 is 12.0 Å². The van der Waals surface area contributed by atoms with Crippen LogP contribution in [0.15, 0.2) is 28.7 Å². The number of urea groups is 1. The Morgan fingerprint density at radius 3 is 2.50 bits per heavy atom. The van der Waals surface area contributed by atoms with Crippen LogP contribution in [0.25, 0.3) is 0 Å². The van der Waals surface area contributed by atoms with E-state index in [2.05, 4.69) is 31.3 Å². The van der Waals surface area contributed by atoms with Gasteiger partial charge in [0.15, 0.2) is 0 Å². The Bertz CT molecular complexity index is 406. The highest BCUT2D eigenvalue weighted by Crippen LogP contribution is 2.10. The van der Waals surface area contributed by atoms with E-state index in [0.717, 1.165) is 16.5 Å². The molecule has 5 nitrogen and oxygen atoms in total. The normalized spacial score (nSPS) is 9.67. The lowest BCUT2D eigenvalue weighted by atomic mass is 10.1. The van der Waals surface area contributed by atoms with Crippen LogP contribution in [0.4, 0.5) is 4.79 Å². The van der Waals surface area contributed by atoms with Gasteiger partial charge in [0, 0.05) is 11.0 Å². The molecule has 6 heteroatoms. The summed E-state index contributed by atoms with van der Waals surface area (Å²) in [6, 6.07) is 7.49. The zero-order valence-electron chi connectivity index (χ0n) is 10.0. The summed E-state index contributed by atoms with van der Waals surface area (Å²) in [5, 5.41) is 5.05. The number of halogens is 1. The summed E-state index contributed by atoms with van der Waals surface area (Å²) in [7, 11) is 1.27. The fraction of sp³-hybridized carbons (Fsp3) is 0.333. The Kier molecular flexibility index (Phi) is 6.21. The van der Waals surface area contributed by atoms with Crippen molar-refractivity contribution in [2.45, 2.75) is 6.42 Å². The number of benzene rings is 1. The van der Waals surface area contributed by atoms with Gasteiger partial charge in [-0.3, -0.25) is 4.79 Å². The maximum Gasteiger partial charge on any atom is 0.325 e. The van der Waals surface area contributed by atoms with Gasteiger partial charge < -0.3 is 15.4 Å². The molecule has 0 aliphatic carbocycles. The standard InChI is InChI=1S/C12H15BrN2O3/c1-18-11(16)8-15-12(17)14-7-6-9-2-4-10(13)5-3-9/h2-5H,6-8H2,1H3,(H2,14,15,17). The number of rotatable bonds is 5. The number of carbonyl (C=O) groups excluding carboxylic acids is 2. The predicted molar refractivity (Wildman–Crippen MR) is 71.3 cm³/mol. The molecule has 0 saturated heterocycles. The Morgan fingerprint density at radius 1 is 1.22 bits per heavy atom. The molecule has 0 aromatic heterocycles. The van der Waals surface area contributed by atoms with Gasteiger partial charge in [0.1, 0.15) is 6.54 Å². The summed E-state index contributed by atoms with van der Waals surface area (Å²) in [6.45, 7) is 0.384. The molecule has 0 radical (unpaired) electrons. The number of carbonyl (C=O) groups is 2. The van der Waals surface area contributed by atoms with Gasteiger partial charge in [-0.25, -0.2) is 4.79 Å². The third-order valence-corrected chi connectivity index (χ3v) is 2.76. The van der Waals surface area contributed by atoms with Gasteiger partial charge in [-0.2, -0.15) is 0 Å². The summed E-state index contributed by atoms with van der Waals surface area (Å²) in [5.74, 6) is -0.474. The van der Waals surface area contributed by atoms with Gasteiger partial charge in [-0.05, 0) is 24.1 Å². The molecular formula is C12H15BrN2O3. The van der Waals surface area contributed by atoms with Crippen molar-refractivity contribution < 1.29 is 14.3 Å². The average molecular weight is 315 g/mol. The fourth-order valence-electron chi connectivity index (χ4n) is 1.26. The van der Waals surface area contributed by atoms with Crippen molar-refractivity contribution in [1.29, 1.82) is 0 Å². The van der Waals surface area contributed by atoms with Gasteiger partial charge in [-0.15, -0.1) is 0 Å². The van der Waals surface area contributed by atoms with Gasteiger partial charge in [0.2, 0.25) is 0 Å². The van der Waals surface area contributed by atoms with Crippen molar-refractivity contribution in [1.82, 2.24) is 10.6 Å². The van der Waals surface area contributed by atoms with E-state index in [1.54, 1.807) is 0 Å². The quantitative estimate of drug-likeness (QED) is 0.809. The van der Waals surface area contributed by atoms with Crippen molar-refractivity contribution in [3.8, 4) is 0 Å². The summed E-state index contributed by atoms with van der Waals surface area (Å²) >= 11 is 3.35. The SMILES string of the molecule is COC(=O)CNC(=O)NCCc1ccc(Br)cc1. The Labute approximate surface area is 114 Å². The van der Waals surface area contributed by atoms with E-state index in [0.29, 0.717) is 6.54 Å². The average Bonchev–Trinajstić information content (AvgIpc) is 2.38. The molecule has 18 heavy (non-hydrogen) atoms. The van der Waals surface area contributed by atoms with Crippen LogP contribution in [0, 0.1) is 0 Å². The smallest absolute Gasteiger partial charge is 0.325 e. The van der Waals surface area contributed by atoms with Crippen LogP contribution in [0.1, 0.15) is 5.56 Å². The van der Waals surface area contributed by atoms with E-state index in [1.807, 2.05) is 24.3 Å². The molecule has 2 amide bonds. The number of hydrogen-bond acceptors (Lipinski definition) is 3. The molecule has 0 aliphatic rings. The van der Waals surface area contributed by atoms with Crippen LogP contribution in [0.2, 0.25) is 0 Å². The number of ether oxygens (including phenoxy) is 1. The van der Waals surface area contributed by atoms with Crippen molar-refractivity contribution in [3.63, 3.8) is 0 Å². The zero-order valence-corrected chi connectivity index (χ0v) is 11.6. The molecule has 0 aliphatic heterocycles. The second kappa shape index (κ2) is 7.71. The first kappa shape index (κ1) is 14.5. The largest absolute Gasteiger partial charge is 0.468 e. The lowest BCUT2D eigenvalue weighted by Crippen LogP contribution is -2.39. The van der Waals surface area contributed by atoms with Gasteiger partial charge in [0.25, 0.3) is 0 Å². The highest BCUT2D eigenvalue weighted by Gasteiger charge is 2.03. The van der Waals surface area contributed by atoms with Crippen molar-refractivity contribution in [2.24, 2.45) is 0 Å². The van der Waals surface area contributed by atoms with E-state index in [9.17, 15) is 9.59 Å². The van der Waals surface area contributed by atoms with E-state index < -0.39 is 5.97 Å². The molecule has 0 saturated carbocycles. The number of amides is 2. The molecule has 0 unspecified atom stereocenters. The van der Waals surface area contributed by atoms with Crippen molar-refractivity contribution in [2.75, 3.05) is 20.2 Å². The molecular weight excluding hydrogens is 300 g/mol. The van der Waals surface area contributed by atoms with E-state index >= 15 is 0 Å². The number of nitrogens with one attached hydrogen (secondary N) is 2. The van der Waals surface area contributed by atoms with Crippen molar-refractivity contribution in [3.05, 3.63) is 34.3 Å². The lowest BCUT2D eigenvalue weighted by molar-refractivity contribution is -0.139. The van der Waals surface area contributed by atoms with Crippen LogP contribution in [-0.2, 0) is 16.0 Å². The first-order chi connectivity index (χ1) is 8.61. The van der Waals surface area contributed by atoms with E-state index in [-0.39, 0.29) is 12.6 Å². The molecule has 0 heterocycles. The topological polar surface area (TPSA) is 67.4 Å². The van der Waals surface area contributed by atoms with Crippen LogP contribution in [-0.4, -0.2) is 32.2 Å². The molecule has 0 fully saturated rings. The number of methoxy groups -OCH3 is 1. The Morgan fingerprint density at radius 2 is 1.89 bits per heavy atom. The molecule has 0 bridgehead atoms. The lowest BCUT2D eigenvalue weighted by Gasteiger charge is -2.06. The fourth-order valence-corrected chi connectivity index (χ4v) is 1.52. The summed E-state index contributed by atoms with van der Waals surface area (Å²) in [6.07, 6.45) is 0.735. The summed E-state index contributed by atoms with van der Waals surface area (Å²) in [4.78, 5) is 22.0. The van der Waals surface area contributed by atoms with E-state index in [4.69, 9.17) is 0 Å². The monoisotopic (exact) mass is 314 g/mol. The molecule has 98 valence electrons. The van der Waals surface area contributed by atoms with Crippen LogP contribution < -0.4 is 10.6 Å². The van der Waals surface area contributed by atoms with Crippen LogP contribution >= 0.6 is 15.9 Å². The highest BCUT2D eigenvalue weighted by molar-refractivity contribution is 9.10. The Balaban J connectivity index is 2.19.